The van der Waals surface area contributed by atoms with Gasteiger partial charge in [0.25, 0.3) is 0 Å². The first-order chi connectivity index (χ1) is 9.67. The Kier molecular flexibility index (Phi) is 3.40. The van der Waals surface area contributed by atoms with E-state index >= 15 is 0 Å². The Morgan fingerprint density at radius 1 is 1.40 bits per heavy atom. The number of aliphatic hydroxyl groups excluding tert-OH is 1. The zero-order valence-electron chi connectivity index (χ0n) is 11.4. The van der Waals surface area contributed by atoms with Gasteiger partial charge in [-0.3, -0.25) is 4.79 Å². The van der Waals surface area contributed by atoms with Crippen molar-refractivity contribution >= 4 is 11.6 Å². The van der Waals surface area contributed by atoms with Gasteiger partial charge in [-0.2, -0.15) is 0 Å². The van der Waals surface area contributed by atoms with E-state index in [0.717, 1.165) is 18.4 Å². The first-order valence-corrected chi connectivity index (χ1v) is 7.03. The third kappa shape index (κ3) is 2.17. The van der Waals surface area contributed by atoms with Crippen molar-refractivity contribution in [2.75, 3.05) is 32.1 Å². The van der Waals surface area contributed by atoms with E-state index in [2.05, 4.69) is 0 Å². The third-order valence-electron chi connectivity index (χ3n) is 4.32. The van der Waals surface area contributed by atoms with Gasteiger partial charge in [0.2, 0.25) is 5.91 Å². The number of ether oxygens (including phenoxy) is 1. The molecule has 1 amide bonds. The van der Waals surface area contributed by atoms with Crippen LogP contribution in [-0.4, -0.2) is 48.3 Å². The fourth-order valence-electron chi connectivity index (χ4n) is 2.90. The molecule has 1 aromatic carbocycles. The van der Waals surface area contributed by atoms with Crippen LogP contribution in [0.2, 0.25) is 0 Å². The summed E-state index contributed by atoms with van der Waals surface area (Å²) in [4.78, 5) is 14.6. The highest BCUT2D eigenvalue weighted by molar-refractivity contribution is 5.91. The first-order valence-electron chi connectivity index (χ1n) is 7.03. The van der Waals surface area contributed by atoms with Gasteiger partial charge in [0, 0.05) is 12.2 Å². The van der Waals surface area contributed by atoms with Crippen LogP contribution in [0.3, 0.4) is 0 Å². The van der Waals surface area contributed by atoms with E-state index in [0.29, 0.717) is 25.4 Å². The number of carbonyl (C=O) groups excluding carboxylic acids is 1. The number of hydrogen-bond acceptors (Lipinski definition) is 4. The molecule has 20 heavy (non-hydrogen) atoms. The summed E-state index contributed by atoms with van der Waals surface area (Å²) in [6.45, 7) is 1.46. The molecule has 3 N–H and O–H groups in total. The highest BCUT2D eigenvalue weighted by Crippen LogP contribution is 2.50. The second-order valence-corrected chi connectivity index (χ2v) is 5.61. The minimum atomic E-state index is -0.404. The molecule has 3 rings (SSSR count). The third-order valence-corrected chi connectivity index (χ3v) is 4.32. The quantitative estimate of drug-likeness (QED) is 0.789. The highest BCUT2D eigenvalue weighted by atomic mass is 16.5. The van der Waals surface area contributed by atoms with E-state index in [1.807, 2.05) is 24.3 Å². The van der Waals surface area contributed by atoms with Crippen molar-refractivity contribution < 1.29 is 14.6 Å². The molecular formula is C15H20N2O3. The lowest BCUT2D eigenvalue weighted by molar-refractivity contribution is -0.144. The number of nitrogen functional groups attached to an aromatic ring is 1. The van der Waals surface area contributed by atoms with Crippen LogP contribution >= 0.6 is 0 Å². The van der Waals surface area contributed by atoms with Crippen LogP contribution < -0.4 is 5.73 Å². The van der Waals surface area contributed by atoms with Crippen molar-refractivity contribution in [3.63, 3.8) is 0 Å². The Morgan fingerprint density at radius 2 is 2.10 bits per heavy atom. The maximum atomic E-state index is 12.9. The van der Waals surface area contributed by atoms with E-state index in [4.69, 9.17) is 10.5 Å². The average Bonchev–Trinajstić information content (AvgIpc) is 3.29. The van der Waals surface area contributed by atoms with E-state index in [-0.39, 0.29) is 18.6 Å². The fourth-order valence-corrected chi connectivity index (χ4v) is 2.90. The summed E-state index contributed by atoms with van der Waals surface area (Å²) < 4.78 is 5.34. The number of nitrogens with zero attached hydrogens (tertiary/aromatic N) is 1. The smallest absolute Gasteiger partial charge is 0.233 e. The molecule has 0 spiro atoms. The van der Waals surface area contributed by atoms with E-state index in [1.165, 1.54) is 0 Å². The summed E-state index contributed by atoms with van der Waals surface area (Å²) >= 11 is 0. The Morgan fingerprint density at radius 3 is 2.70 bits per heavy atom. The molecule has 0 aromatic heterocycles. The van der Waals surface area contributed by atoms with Gasteiger partial charge in [0.05, 0.1) is 31.3 Å². The van der Waals surface area contributed by atoms with Crippen molar-refractivity contribution in [2.24, 2.45) is 0 Å². The summed E-state index contributed by atoms with van der Waals surface area (Å²) in [5.74, 6) is 0.115. The molecule has 1 aromatic rings. The number of anilines is 1. The summed E-state index contributed by atoms with van der Waals surface area (Å²) in [6, 6.07) is 7.34. The van der Waals surface area contributed by atoms with Gasteiger partial charge < -0.3 is 20.5 Å². The largest absolute Gasteiger partial charge is 0.399 e. The summed E-state index contributed by atoms with van der Waals surface area (Å²) in [6.07, 6.45) is 1.73. The molecule has 108 valence electrons. The second kappa shape index (κ2) is 5.07. The van der Waals surface area contributed by atoms with Gasteiger partial charge in [-0.1, -0.05) is 12.1 Å². The number of amides is 1. The van der Waals surface area contributed by atoms with Crippen LogP contribution in [0, 0.1) is 0 Å². The molecule has 1 aliphatic carbocycles. The van der Waals surface area contributed by atoms with Gasteiger partial charge >= 0.3 is 0 Å². The highest BCUT2D eigenvalue weighted by Gasteiger charge is 2.54. The van der Waals surface area contributed by atoms with E-state index < -0.39 is 5.41 Å². The second-order valence-electron chi connectivity index (χ2n) is 5.61. The minimum absolute atomic E-state index is 0.0520. The molecule has 1 unspecified atom stereocenters. The maximum Gasteiger partial charge on any atom is 0.233 e. The number of rotatable bonds is 3. The lowest BCUT2D eigenvalue weighted by atomic mass is 9.93. The molecule has 1 aliphatic heterocycles. The molecule has 0 bridgehead atoms. The number of nitrogens with two attached hydrogens (primary N) is 1. The predicted octanol–water partition coefficient (Wildman–Crippen LogP) is 0.520. The van der Waals surface area contributed by atoms with Crippen molar-refractivity contribution in [2.45, 2.75) is 24.3 Å². The van der Waals surface area contributed by atoms with Crippen molar-refractivity contribution in [3.8, 4) is 0 Å². The zero-order valence-corrected chi connectivity index (χ0v) is 11.4. The van der Waals surface area contributed by atoms with Gasteiger partial charge in [-0.15, -0.1) is 0 Å². The molecule has 1 saturated heterocycles. The molecule has 1 atom stereocenters. The molecule has 5 nitrogen and oxygen atoms in total. The Labute approximate surface area is 118 Å². The number of benzene rings is 1. The van der Waals surface area contributed by atoms with Crippen molar-refractivity contribution in [1.82, 2.24) is 4.90 Å². The monoisotopic (exact) mass is 276 g/mol. The normalized spacial score (nSPS) is 24.4. The van der Waals surface area contributed by atoms with Crippen LogP contribution in [-0.2, 0) is 14.9 Å². The summed E-state index contributed by atoms with van der Waals surface area (Å²) in [7, 11) is 0. The van der Waals surface area contributed by atoms with Crippen LogP contribution in [0.1, 0.15) is 18.4 Å². The first kappa shape index (κ1) is 13.4. The average molecular weight is 276 g/mol. The van der Waals surface area contributed by atoms with Crippen LogP contribution in [0.4, 0.5) is 5.69 Å². The number of morpholine rings is 1. The molecular weight excluding hydrogens is 256 g/mol. The van der Waals surface area contributed by atoms with Crippen LogP contribution in [0.25, 0.3) is 0 Å². The van der Waals surface area contributed by atoms with Gasteiger partial charge in [-0.25, -0.2) is 0 Å². The standard InChI is InChI=1S/C15H20N2O3/c16-12-3-1-11(2-4-12)15(5-6-15)14(19)17-7-8-20-10-13(17)9-18/h1-4,13,18H,5-10,16H2. The van der Waals surface area contributed by atoms with Crippen LogP contribution in [0.15, 0.2) is 24.3 Å². The Hall–Kier alpha value is -1.59. The summed E-state index contributed by atoms with van der Waals surface area (Å²) in [5.41, 5.74) is 7.04. The topological polar surface area (TPSA) is 75.8 Å². The molecule has 5 heteroatoms. The molecule has 2 fully saturated rings. The number of aliphatic hydroxyl groups is 1. The van der Waals surface area contributed by atoms with Gasteiger partial charge in [0.15, 0.2) is 0 Å². The van der Waals surface area contributed by atoms with Crippen LogP contribution in [0.5, 0.6) is 0 Å². The number of carbonyl (C=O) groups is 1. The summed E-state index contributed by atoms with van der Waals surface area (Å²) in [5, 5.41) is 9.41. The Balaban J connectivity index is 1.83. The maximum absolute atomic E-state index is 12.9. The molecule has 1 heterocycles. The van der Waals surface area contributed by atoms with Gasteiger partial charge in [0.1, 0.15) is 0 Å². The number of hydrogen-bond donors (Lipinski definition) is 2. The lowest BCUT2D eigenvalue weighted by Gasteiger charge is -2.37. The Bertz CT molecular complexity index is 496. The molecule has 0 radical (unpaired) electrons. The van der Waals surface area contributed by atoms with Crippen molar-refractivity contribution in [3.05, 3.63) is 29.8 Å². The lowest BCUT2D eigenvalue weighted by Crippen LogP contribution is -2.53. The van der Waals surface area contributed by atoms with Crippen molar-refractivity contribution in [1.29, 1.82) is 0 Å². The SMILES string of the molecule is Nc1ccc(C2(C(=O)N3CCOCC3CO)CC2)cc1. The fraction of sp³-hybridized carbons (Fsp3) is 0.533. The molecule has 2 aliphatic rings. The predicted molar refractivity (Wildman–Crippen MR) is 75.2 cm³/mol. The van der Waals surface area contributed by atoms with E-state index in [1.54, 1.807) is 4.90 Å². The minimum Gasteiger partial charge on any atom is -0.399 e. The molecule has 1 saturated carbocycles. The zero-order chi connectivity index (χ0) is 14.2. The van der Waals surface area contributed by atoms with Gasteiger partial charge in [-0.05, 0) is 30.5 Å². The van der Waals surface area contributed by atoms with E-state index in [9.17, 15) is 9.90 Å².